The third-order valence-electron chi connectivity index (χ3n) is 4.27. The number of anilines is 2. The van der Waals surface area contributed by atoms with Crippen molar-refractivity contribution in [2.75, 3.05) is 10.6 Å². The van der Waals surface area contributed by atoms with E-state index in [0.29, 0.717) is 16.9 Å². The molecular weight excluding hydrogens is 330 g/mol. The maximum Gasteiger partial charge on any atom is 0.251 e. The first-order valence-corrected chi connectivity index (χ1v) is 8.51. The standard InChI is InChI=1S/C20H21N3O3/c1-12(24)21-16-9-15(10-17(11-16)22-13(2)25)20(26)23-19-8-7-14-5-3-4-6-18(14)19/h3-6,9-11,19H,7-8H2,1-2H3,(H,21,24)(H,22,25)(H,23,26). The van der Waals surface area contributed by atoms with Crippen LogP contribution in [0.15, 0.2) is 42.5 Å². The van der Waals surface area contributed by atoms with Crippen LogP contribution in [0.4, 0.5) is 11.4 Å². The lowest BCUT2D eigenvalue weighted by Gasteiger charge is -2.16. The predicted octanol–water partition coefficient (Wildman–Crippen LogP) is 3.02. The first-order chi connectivity index (χ1) is 12.4. The summed E-state index contributed by atoms with van der Waals surface area (Å²) < 4.78 is 0. The molecular formula is C20H21N3O3. The molecule has 0 bridgehead atoms. The monoisotopic (exact) mass is 351 g/mol. The van der Waals surface area contributed by atoms with E-state index in [1.807, 2.05) is 18.2 Å². The van der Waals surface area contributed by atoms with Crippen LogP contribution in [0.25, 0.3) is 0 Å². The molecule has 0 spiro atoms. The van der Waals surface area contributed by atoms with Gasteiger partial charge in [-0.05, 0) is 42.2 Å². The van der Waals surface area contributed by atoms with Gasteiger partial charge in [-0.3, -0.25) is 14.4 Å². The van der Waals surface area contributed by atoms with Gasteiger partial charge in [-0.2, -0.15) is 0 Å². The third-order valence-corrected chi connectivity index (χ3v) is 4.27. The van der Waals surface area contributed by atoms with E-state index in [0.717, 1.165) is 18.4 Å². The average molecular weight is 351 g/mol. The Morgan fingerprint density at radius 3 is 2.15 bits per heavy atom. The molecule has 1 unspecified atom stereocenters. The van der Waals surface area contributed by atoms with Gasteiger partial charge in [0.15, 0.2) is 0 Å². The lowest BCUT2D eigenvalue weighted by Crippen LogP contribution is -2.27. The fraction of sp³-hybridized carbons (Fsp3) is 0.250. The second kappa shape index (κ2) is 7.39. The summed E-state index contributed by atoms with van der Waals surface area (Å²) in [5, 5.41) is 8.35. The number of aryl methyl sites for hydroxylation is 1. The number of hydrogen-bond acceptors (Lipinski definition) is 3. The molecule has 6 heteroatoms. The van der Waals surface area contributed by atoms with Crippen molar-refractivity contribution in [1.82, 2.24) is 5.32 Å². The maximum absolute atomic E-state index is 12.7. The number of carbonyl (C=O) groups excluding carboxylic acids is 3. The number of hydrogen-bond donors (Lipinski definition) is 3. The summed E-state index contributed by atoms with van der Waals surface area (Å²) in [5.41, 5.74) is 3.69. The fourth-order valence-corrected chi connectivity index (χ4v) is 3.26. The van der Waals surface area contributed by atoms with E-state index in [1.54, 1.807) is 18.2 Å². The summed E-state index contributed by atoms with van der Waals surface area (Å²) in [6, 6.07) is 12.9. The Balaban J connectivity index is 1.84. The highest BCUT2D eigenvalue weighted by Crippen LogP contribution is 2.31. The summed E-state index contributed by atoms with van der Waals surface area (Å²) in [6.07, 6.45) is 1.79. The molecule has 2 aromatic rings. The molecule has 3 N–H and O–H groups in total. The third kappa shape index (κ3) is 4.08. The van der Waals surface area contributed by atoms with E-state index in [2.05, 4.69) is 22.0 Å². The normalized spacial score (nSPS) is 15.1. The Morgan fingerprint density at radius 1 is 0.923 bits per heavy atom. The van der Waals surface area contributed by atoms with Crippen LogP contribution in [0, 0.1) is 0 Å². The van der Waals surface area contributed by atoms with Crippen molar-refractivity contribution in [3.05, 3.63) is 59.2 Å². The van der Waals surface area contributed by atoms with E-state index in [-0.39, 0.29) is 23.8 Å². The summed E-state index contributed by atoms with van der Waals surface area (Å²) in [4.78, 5) is 35.4. The zero-order valence-corrected chi connectivity index (χ0v) is 14.8. The smallest absolute Gasteiger partial charge is 0.251 e. The zero-order chi connectivity index (χ0) is 18.7. The largest absolute Gasteiger partial charge is 0.345 e. The molecule has 3 rings (SSSR count). The number of amides is 3. The van der Waals surface area contributed by atoms with E-state index in [1.165, 1.54) is 19.4 Å². The second-order valence-corrected chi connectivity index (χ2v) is 6.42. The van der Waals surface area contributed by atoms with Gasteiger partial charge in [0, 0.05) is 30.8 Å². The first-order valence-electron chi connectivity index (χ1n) is 8.51. The maximum atomic E-state index is 12.7. The number of nitrogens with one attached hydrogen (secondary N) is 3. The molecule has 0 aromatic heterocycles. The minimum absolute atomic E-state index is 0.0349. The van der Waals surface area contributed by atoms with Gasteiger partial charge < -0.3 is 16.0 Å². The second-order valence-electron chi connectivity index (χ2n) is 6.42. The highest BCUT2D eigenvalue weighted by molar-refractivity contribution is 6.00. The number of benzene rings is 2. The van der Waals surface area contributed by atoms with Crippen molar-refractivity contribution in [2.45, 2.75) is 32.7 Å². The van der Waals surface area contributed by atoms with Crippen LogP contribution in [-0.4, -0.2) is 17.7 Å². The highest BCUT2D eigenvalue weighted by Gasteiger charge is 2.24. The van der Waals surface area contributed by atoms with Crippen LogP contribution in [0.2, 0.25) is 0 Å². The van der Waals surface area contributed by atoms with Crippen molar-refractivity contribution in [2.24, 2.45) is 0 Å². The van der Waals surface area contributed by atoms with Gasteiger partial charge in [0.1, 0.15) is 0 Å². The van der Waals surface area contributed by atoms with Gasteiger partial charge >= 0.3 is 0 Å². The van der Waals surface area contributed by atoms with Gasteiger partial charge in [0.05, 0.1) is 6.04 Å². The summed E-state index contributed by atoms with van der Waals surface area (Å²) in [6.45, 7) is 2.78. The van der Waals surface area contributed by atoms with Gasteiger partial charge in [0.2, 0.25) is 11.8 Å². The zero-order valence-electron chi connectivity index (χ0n) is 14.8. The molecule has 134 valence electrons. The Bertz CT molecular complexity index is 842. The quantitative estimate of drug-likeness (QED) is 0.791. The molecule has 1 aliphatic carbocycles. The molecule has 1 aliphatic rings. The van der Waals surface area contributed by atoms with E-state index >= 15 is 0 Å². The van der Waals surface area contributed by atoms with Crippen LogP contribution >= 0.6 is 0 Å². The van der Waals surface area contributed by atoms with Crippen molar-refractivity contribution in [3.8, 4) is 0 Å². The van der Waals surface area contributed by atoms with Gasteiger partial charge in [-0.15, -0.1) is 0 Å². The minimum Gasteiger partial charge on any atom is -0.345 e. The topological polar surface area (TPSA) is 87.3 Å². The molecule has 6 nitrogen and oxygen atoms in total. The van der Waals surface area contributed by atoms with Crippen LogP contribution < -0.4 is 16.0 Å². The fourth-order valence-electron chi connectivity index (χ4n) is 3.26. The Hall–Kier alpha value is -3.15. The van der Waals surface area contributed by atoms with Crippen molar-refractivity contribution >= 4 is 29.1 Å². The molecule has 1 atom stereocenters. The molecule has 0 heterocycles. The van der Waals surface area contributed by atoms with Crippen molar-refractivity contribution in [3.63, 3.8) is 0 Å². The Kier molecular flexibility index (Phi) is 5.02. The Labute approximate surface area is 152 Å². The number of fused-ring (bicyclic) bond motifs is 1. The van der Waals surface area contributed by atoms with E-state index in [4.69, 9.17) is 0 Å². The predicted molar refractivity (Wildman–Crippen MR) is 100 cm³/mol. The van der Waals surface area contributed by atoms with E-state index in [9.17, 15) is 14.4 Å². The first kappa shape index (κ1) is 17.7. The lowest BCUT2D eigenvalue weighted by atomic mass is 10.1. The summed E-state index contributed by atoms with van der Waals surface area (Å²) >= 11 is 0. The molecule has 0 saturated carbocycles. The average Bonchev–Trinajstić information content (AvgIpc) is 2.96. The summed E-state index contributed by atoms with van der Waals surface area (Å²) in [7, 11) is 0. The molecule has 0 aliphatic heterocycles. The molecule has 0 fully saturated rings. The number of carbonyl (C=O) groups is 3. The van der Waals surface area contributed by atoms with Gasteiger partial charge in [-0.25, -0.2) is 0 Å². The molecule has 0 radical (unpaired) electrons. The molecule has 0 saturated heterocycles. The van der Waals surface area contributed by atoms with E-state index < -0.39 is 0 Å². The molecule has 26 heavy (non-hydrogen) atoms. The summed E-state index contributed by atoms with van der Waals surface area (Å²) in [5.74, 6) is -0.743. The van der Waals surface area contributed by atoms with Crippen LogP contribution in [0.1, 0.15) is 47.8 Å². The molecule has 3 amide bonds. The molecule has 2 aromatic carbocycles. The SMILES string of the molecule is CC(=O)Nc1cc(NC(C)=O)cc(C(=O)NC2CCc3ccccc32)c1. The van der Waals surface area contributed by atoms with Crippen molar-refractivity contribution in [1.29, 1.82) is 0 Å². The number of rotatable bonds is 4. The van der Waals surface area contributed by atoms with Gasteiger partial charge in [-0.1, -0.05) is 24.3 Å². The van der Waals surface area contributed by atoms with Crippen LogP contribution in [0.3, 0.4) is 0 Å². The Morgan fingerprint density at radius 2 is 1.54 bits per heavy atom. The minimum atomic E-state index is -0.249. The highest BCUT2D eigenvalue weighted by atomic mass is 16.2. The van der Waals surface area contributed by atoms with Gasteiger partial charge in [0.25, 0.3) is 5.91 Å². The van der Waals surface area contributed by atoms with Crippen LogP contribution in [0.5, 0.6) is 0 Å². The van der Waals surface area contributed by atoms with Crippen LogP contribution in [-0.2, 0) is 16.0 Å². The van der Waals surface area contributed by atoms with Crippen molar-refractivity contribution < 1.29 is 14.4 Å². The lowest BCUT2D eigenvalue weighted by molar-refractivity contribution is -0.115.